The smallest absolute Gasteiger partial charge is 0.251 e. The first-order valence-electron chi connectivity index (χ1n) is 5.71. The van der Waals surface area contributed by atoms with E-state index in [9.17, 15) is 4.79 Å². The minimum atomic E-state index is -0.133. The van der Waals surface area contributed by atoms with Crippen LogP contribution in [0.1, 0.15) is 29.8 Å². The first-order valence-corrected chi connectivity index (χ1v) is 6.09. The van der Waals surface area contributed by atoms with Gasteiger partial charge in [-0.1, -0.05) is 25.4 Å². The van der Waals surface area contributed by atoms with E-state index in [2.05, 4.69) is 5.32 Å². The van der Waals surface area contributed by atoms with Gasteiger partial charge in [-0.2, -0.15) is 0 Å². The predicted molar refractivity (Wildman–Crippen MR) is 71.3 cm³/mol. The average Bonchev–Trinajstić information content (AvgIpc) is 2.23. The maximum atomic E-state index is 11.9. The summed E-state index contributed by atoms with van der Waals surface area (Å²) in [6.07, 6.45) is 0. The molecule has 0 radical (unpaired) electrons. The Morgan fingerprint density at radius 3 is 2.59 bits per heavy atom. The van der Waals surface area contributed by atoms with Crippen molar-refractivity contribution in [3.05, 3.63) is 34.3 Å². The lowest BCUT2D eigenvalue weighted by Crippen LogP contribution is -2.40. The van der Waals surface area contributed by atoms with E-state index >= 15 is 0 Å². The number of nitrogens with one attached hydrogen (secondary N) is 1. The van der Waals surface area contributed by atoms with Gasteiger partial charge in [-0.05, 0) is 36.6 Å². The van der Waals surface area contributed by atoms with E-state index < -0.39 is 0 Å². The van der Waals surface area contributed by atoms with Crippen molar-refractivity contribution < 1.29 is 4.79 Å². The van der Waals surface area contributed by atoms with Crippen LogP contribution < -0.4 is 11.1 Å². The fourth-order valence-corrected chi connectivity index (χ4v) is 1.71. The van der Waals surface area contributed by atoms with Gasteiger partial charge in [0.2, 0.25) is 0 Å². The molecule has 0 fully saturated rings. The van der Waals surface area contributed by atoms with Crippen molar-refractivity contribution in [2.45, 2.75) is 26.8 Å². The highest BCUT2D eigenvalue weighted by Crippen LogP contribution is 2.14. The Bertz CT molecular complexity index is 384. The van der Waals surface area contributed by atoms with E-state index in [-0.39, 0.29) is 11.9 Å². The molecule has 0 heterocycles. The molecule has 4 heteroatoms. The Labute approximate surface area is 107 Å². The molecule has 0 aliphatic rings. The molecule has 94 valence electrons. The third-order valence-electron chi connectivity index (χ3n) is 2.66. The third kappa shape index (κ3) is 4.36. The molecule has 0 spiro atoms. The number of nitrogens with two attached hydrogens (primary N) is 1. The van der Waals surface area contributed by atoms with Crippen molar-refractivity contribution in [3.63, 3.8) is 0 Å². The second kappa shape index (κ2) is 6.03. The summed E-state index contributed by atoms with van der Waals surface area (Å²) >= 11 is 5.90. The number of hydrogen-bond donors (Lipinski definition) is 2. The minimum absolute atomic E-state index is 0.0285. The Morgan fingerprint density at radius 1 is 1.41 bits per heavy atom. The normalized spacial score (nSPS) is 12.6. The van der Waals surface area contributed by atoms with Crippen LogP contribution in [0.4, 0.5) is 0 Å². The number of carbonyl (C=O) groups excluding carboxylic acids is 1. The second-order valence-electron chi connectivity index (χ2n) is 4.64. The Kier molecular flexibility index (Phi) is 4.97. The maximum absolute atomic E-state index is 11.9. The lowest BCUT2D eigenvalue weighted by molar-refractivity contribution is 0.0949. The number of halogens is 1. The summed E-state index contributed by atoms with van der Waals surface area (Å²) in [5.74, 6) is 0.211. The largest absolute Gasteiger partial charge is 0.350 e. The highest BCUT2D eigenvalue weighted by Gasteiger charge is 2.11. The zero-order valence-corrected chi connectivity index (χ0v) is 11.2. The third-order valence-corrected chi connectivity index (χ3v) is 2.88. The zero-order valence-electron chi connectivity index (χ0n) is 10.5. The predicted octanol–water partition coefficient (Wildman–Crippen LogP) is 2.36. The molecule has 1 unspecified atom stereocenters. The summed E-state index contributed by atoms with van der Waals surface area (Å²) in [6, 6.07) is 5.25. The van der Waals surface area contributed by atoms with Gasteiger partial charge in [0, 0.05) is 23.2 Å². The first-order chi connectivity index (χ1) is 7.90. The number of carbonyl (C=O) groups is 1. The van der Waals surface area contributed by atoms with Crippen molar-refractivity contribution in [1.29, 1.82) is 0 Å². The molecule has 0 aliphatic carbocycles. The van der Waals surface area contributed by atoms with Crippen LogP contribution in [0.2, 0.25) is 5.02 Å². The van der Waals surface area contributed by atoms with Crippen LogP contribution in [-0.2, 0) is 0 Å². The van der Waals surface area contributed by atoms with E-state index in [0.717, 1.165) is 5.56 Å². The summed E-state index contributed by atoms with van der Waals surface area (Å²) in [6.45, 7) is 6.44. The van der Waals surface area contributed by atoms with E-state index in [1.165, 1.54) is 0 Å². The van der Waals surface area contributed by atoms with Crippen LogP contribution in [0.3, 0.4) is 0 Å². The fraction of sp³-hybridized carbons (Fsp3) is 0.462. The minimum Gasteiger partial charge on any atom is -0.350 e. The van der Waals surface area contributed by atoms with Gasteiger partial charge < -0.3 is 11.1 Å². The summed E-state index contributed by atoms with van der Waals surface area (Å²) in [4.78, 5) is 11.9. The molecule has 1 rings (SSSR count). The number of aryl methyl sites for hydroxylation is 1. The SMILES string of the molecule is Cc1cc(Cl)cc(C(=O)NCC(N)C(C)C)c1. The van der Waals surface area contributed by atoms with Crippen molar-refractivity contribution in [1.82, 2.24) is 5.32 Å². The molecular formula is C13H19ClN2O. The lowest BCUT2D eigenvalue weighted by Gasteiger charge is -2.16. The van der Waals surface area contributed by atoms with E-state index in [1.54, 1.807) is 6.07 Å². The Hall–Kier alpha value is -1.06. The molecule has 0 bridgehead atoms. The van der Waals surface area contributed by atoms with Gasteiger partial charge in [0.25, 0.3) is 5.91 Å². The van der Waals surface area contributed by atoms with Crippen LogP contribution in [0.15, 0.2) is 18.2 Å². The van der Waals surface area contributed by atoms with Crippen LogP contribution in [-0.4, -0.2) is 18.5 Å². The molecule has 0 aromatic heterocycles. The maximum Gasteiger partial charge on any atom is 0.251 e. The van der Waals surface area contributed by atoms with Crippen molar-refractivity contribution >= 4 is 17.5 Å². The zero-order chi connectivity index (χ0) is 13.0. The topological polar surface area (TPSA) is 55.1 Å². The fourth-order valence-electron chi connectivity index (χ4n) is 1.42. The van der Waals surface area contributed by atoms with Crippen molar-refractivity contribution in [2.24, 2.45) is 11.7 Å². The van der Waals surface area contributed by atoms with Crippen LogP contribution in [0.25, 0.3) is 0 Å². The van der Waals surface area contributed by atoms with Crippen LogP contribution in [0, 0.1) is 12.8 Å². The highest BCUT2D eigenvalue weighted by molar-refractivity contribution is 6.31. The van der Waals surface area contributed by atoms with E-state index in [4.69, 9.17) is 17.3 Å². The molecular weight excluding hydrogens is 236 g/mol. The van der Waals surface area contributed by atoms with Crippen LogP contribution in [0.5, 0.6) is 0 Å². The van der Waals surface area contributed by atoms with Crippen molar-refractivity contribution in [2.75, 3.05) is 6.54 Å². The molecule has 1 aromatic carbocycles. The van der Waals surface area contributed by atoms with E-state index in [1.807, 2.05) is 32.9 Å². The molecule has 0 saturated heterocycles. The standard InChI is InChI=1S/C13H19ClN2O/c1-8(2)12(15)7-16-13(17)10-4-9(3)5-11(14)6-10/h4-6,8,12H,7,15H2,1-3H3,(H,16,17). The quantitative estimate of drug-likeness (QED) is 0.867. The van der Waals surface area contributed by atoms with E-state index in [0.29, 0.717) is 23.0 Å². The number of benzene rings is 1. The average molecular weight is 255 g/mol. The van der Waals surface area contributed by atoms with Gasteiger partial charge in [-0.15, -0.1) is 0 Å². The first kappa shape index (κ1) is 14.0. The van der Waals surface area contributed by atoms with Gasteiger partial charge in [-0.25, -0.2) is 0 Å². The summed E-state index contributed by atoms with van der Waals surface area (Å²) in [5, 5.41) is 3.38. The lowest BCUT2D eigenvalue weighted by atomic mass is 10.1. The van der Waals surface area contributed by atoms with Gasteiger partial charge in [0.15, 0.2) is 0 Å². The van der Waals surface area contributed by atoms with Gasteiger partial charge in [-0.3, -0.25) is 4.79 Å². The molecule has 1 amide bonds. The highest BCUT2D eigenvalue weighted by atomic mass is 35.5. The molecule has 1 atom stereocenters. The monoisotopic (exact) mass is 254 g/mol. The van der Waals surface area contributed by atoms with Crippen LogP contribution >= 0.6 is 11.6 Å². The number of rotatable bonds is 4. The molecule has 3 nitrogen and oxygen atoms in total. The summed E-state index contributed by atoms with van der Waals surface area (Å²) < 4.78 is 0. The van der Waals surface area contributed by atoms with Crippen molar-refractivity contribution in [3.8, 4) is 0 Å². The Balaban J connectivity index is 2.64. The molecule has 3 N–H and O–H groups in total. The van der Waals surface area contributed by atoms with Gasteiger partial charge in [0.1, 0.15) is 0 Å². The Morgan fingerprint density at radius 2 is 2.06 bits per heavy atom. The molecule has 17 heavy (non-hydrogen) atoms. The molecule has 0 saturated carbocycles. The van der Waals surface area contributed by atoms with Gasteiger partial charge >= 0.3 is 0 Å². The summed E-state index contributed by atoms with van der Waals surface area (Å²) in [7, 11) is 0. The number of amides is 1. The summed E-state index contributed by atoms with van der Waals surface area (Å²) in [5.41, 5.74) is 7.41. The number of hydrogen-bond acceptors (Lipinski definition) is 2. The molecule has 1 aromatic rings. The molecule has 0 aliphatic heterocycles. The van der Waals surface area contributed by atoms with Gasteiger partial charge in [0.05, 0.1) is 0 Å². The second-order valence-corrected chi connectivity index (χ2v) is 5.07.